The first-order chi connectivity index (χ1) is 10.4. The van der Waals surface area contributed by atoms with Crippen LogP contribution in [0.1, 0.15) is 43.7 Å². The van der Waals surface area contributed by atoms with E-state index in [-0.39, 0.29) is 17.7 Å². The summed E-state index contributed by atoms with van der Waals surface area (Å²) < 4.78 is 0. The van der Waals surface area contributed by atoms with E-state index < -0.39 is 11.9 Å². The Morgan fingerprint density at radius 1 is 1.27 bits per heavy atom. The van der Waals surface area contributed by atoms with Gasteiger partial charge in [-0.3, -0.25) is 9.59 Å². The number of amides is 1. The van der Waals surface area contributed by atoms with Crippen molar-refractivity contribution < 1.29 is 14.7 Å². The lowest BCUT2D eigenvalue weighted by Gasteiger charge is -2.21. The summed E-state index contributed by atoms with van der Waals surface area (Å²) in [7, 11) is 0. The van der Waals surface area contributed by atoms with Crippen molar-refractivity contribution in [1.82, 2.24) is 4.90 Å². The lowest BCUT2D eigenvalue weighted by molar-refractivity contribution is -0.142. The fraction of sp³-hybridized carbons (Fsp3) is 0.556. The van der Waals surface area contributed by atoms with Crippen molar-refractivity contribution in [2.24, 2.45) is 11.8 Å². The molecule has 1 N–H and O–H groups in total. The zero-order chi connectivity index (χ0) is 16.3. The van der Waals surface area contributed by atoms with Crippen molar-refractivity contribution in [3.05, 3.63) is 35.4 Å². The number of aryl methyl sites for hydroxylation is 1. The van der Waals surface area contributed by atoms with Crippen LogP contribution >= 0.6 is 0 Å². The minimum absolute atomic E-state index is 0.0286. The van der Waals surface area contributed by atoms with Crippen molar-refractivity contribution in [3.8, 4) is 0 Å². The van der Waals surface area contributed by atoms with Crippen LogP contribution in [0.2, 0.25) is 0 Å². The van der Waals surface area contributed by atoms with Gasteiger partial charge >= 0.3 is 5.97 Å². The minimum atomic E-state index is -0.798. The molecule has 1 unspecified atom stereocenters. The summed E-state index contributed by atoms with van der Waals surface area (Å²) in [5.74, 6) is -0.923. The summed E-state index contributed by atoms with van der Waals surface area (Å²) in [6, 6.07) is 8.31. The van der Waals surface area contributed by atoms with Crippen molar-refractivity contribution in [2.75, 3.05) is 13.1 Å². The number of hydrogen-bond donors (Lipinski definition) is 1. The second kappa shape index (κ2) is 6.95. The van der Waals surface area contributed by atoms with Crippen LogP contribution in [-0.4, -0.2) is 35.0 Å². The van der Waals surface area contributed by atoms with Gasteiger partial charge in [0, 0.05) is 19.5 Å². The lowest BCUT2D eigenvalue weighted by Crippen LogP contribution is -2.31. The molecule has 0 saturated carbocycles. The van der Waals surface area contributed by atoms with Gasteiger partial charge in [-0.2, -0.15) is 0 Å². The molecule has 1 fully saturated rings. The zero-order valence-corrected chi connectivity index (χ0v) is 13.6. The first-order valence-corrected chi connectivity index (χ1v) is 7.99. The van der Waals surface area contributed by atoms with Crippen LogP contribution in [0.15, 0.2) is 24.3 Å². The summed E-state index contributed by atoms with van der Waals surface area (Å²) in [4.78, 5) is 25.4. The molecule has 0 spiro atoms. The van der Waals surface area contributed by atoms with Gasteiger partial charge in [0.05, 0.1) is 5.92 Å². The smallest absolute Gasteiger partial charge is 0.308 e. The summed E-state index contributed by atoms with van der Waals surface area (Å²) in [5, 5.41) is 9.18. The number of hydrogen-bond acceptors (Lipinski definition) is 2. The van der Waals surface area contributed by atoms with Crippen LogP contribution in [0.25, 0.3) is 0 Å². The molecule has 1 amide bonds. The molecule has 1 heterocycles. The van der Waals surface area contributed by atoms with Crippen molar-refractivity contribution in [1.29, 1.82) is 0 Å². The lowest BCUT2D eigenvalue weighted by atomic mass is 9.92. The summed E-state index contributed by atoms with van der Waals surface area (Å²) in [5.41, 5.74) is 2.39. The molecule has 1 aromatic carbocycles. The molecule has 0 bridgehead atoms. The quantitative estimate of drug-likeness (QED) is 0.909. The fourth-order valence-corrected chi connectivity index (χ4v) is 3.17. The van der Waals surface area contributed by atoms with Crippen LogP contribution in [0, 0.1) is 18.8 Å². The molecule has 2 rings (SSSR count). The van der Waals surface area contributed by atoms with Crippen LogP contribution < -0.4 is 0 Å². The highest BCUT2D eigenvalue weighted by Crippen LogP contribution is 2.28. The molecule has 4 heteroatoms. The Hall–Kier alpha value is -1.84. The standard InChI is InChI=1S/C18H25NO3/c1-4-14(15-7-5-12(2)6-8-15)9-17(20)19-10-13(3)16(11-19)18(21)22/h5-8,13-14,16H,4,9-11H2,1-3H3,(H,21,22)/t13-,14?,16-/m1/s1. The molecule has 1 saturated heterocycles. The van der Waals surface area contributed by atoms with Gasteiger partial charge in [-0.05, 0) is 30.7 Å². The molecular formula is C18H25NO3. The molecule has 120 valence electrons. The zero-order valence-electron chi connectivity index (χ0n) is 13.6. The highest BCUT2D eigenvalue weighted by atomic mass is 16.4. The van der Waals surface area contributed by atoms with Crippen molar-refractivity contribution in [3.63, 3.8) is 0 Å². The number of nitrogens with zero attached hydrogens (tertiary/aromatic N) is 1. The number of carboxylic acid groups (broad SMARTS) is 1. The molecule has 0 radical (unpaired) electrons. The predicted molar refractivity (Wildman–Crippen MR) is 85.7 cm³/mol. The number of rotatable bonds is 5. The van der Waals surface area contributed by atoms with Gasteiger partial charge in [0.2, 0.25) is 5.91 Å². The maximum atomic E-state index is 12.5. The Bertz CT molecular complexity index is 538. The van der Waals surface area contributed by atoms with Gasteiger partial charge in [0.25, 0.3) is 0 Å². The second-order valence-electron chi connectivity index (χ2n) is 6.44. The Kier molecular flexibility index (Phi) is 5.22. The average Bonchev–Trinajstić information content (AvgIpc) is 2.88. The molecule has 4 nitrogen and oxygen atoms in total. The first kappa shape index (κ1) is 16.5. The van der Waals surface area contributed by atoms with E-state index in [4.69, 9.17) is 0 Å². The number of carbonyl (C=O) groups is 2. The van der Waals surface area contributed by atoms with E-state index in [1.54, 1.807) is 4.90 Å². The first-order valence-electron chi connectivity index (χ1n) is 7.99. The number of carboxylic acids is 1. The predicted octanol–water partition coefficient (Wildman–Crippen LogP) is 3.06. The van der Waals surface area contributed by atoms with Gasteiger partial charge in [-0.15, -0.1) is 0 Å². The Labute approximate surface area is 132 Å². The van der Waals surface area contributed by atoms with Gasteiger partial charge in [-0.25, -0.2) is 0 Å². The second-order valence-corrected chi connectivity index (χ2v) is 6.44. The van der Waals surface area contributed by atoms with E-state index >= 15 is 0 Å². The third-order valence-corrected chi connectivity index (χ3v) is 4.74. The van der Waals surface area contributed by atoms with Gasteiger partial charge in [0.15, 0.2) is 0 Å². The SMILES string of the molecule is CCC(CC(=O)N1C[C@@H](C)[C@H](C(=O)O)C1)c1ccc(C)cc1. The summed E-state index contributed by atoms with van der Waals surface area (Å²) in [6.07, 6.45) is 1.36. The van der Waals surface area contributed by atoms with Crippen LogP contribution in [0.3, 0.4) is 0 Å². The maximum absolute atomic E-state index is 12.5. The molecular weight excluding hydrogens is 278 g/mol. The van der Waals surface area contributed by atoms with E-state index in [2.05, 4.69) is 31.2 Å². The largest absolute Gasteiger partial charge is 0.481 e. The van der Waals surface area contributed by atoms with Crippen LogP contribution in [0.4, 0.5) is 0 Å². The highest BCUT2D eigenvalue weighted by Gasteiger charge is 2.37. The fourth-order valence-electron chi connectivity index (χ4n) is 3.17. The molecule has 1 aromatic rings. The Morgan fingerprint density at radius 3 is 2.41 bits per heavy atom. The highest BCUT2D eigenvalue weighted by molar-refractivity contribution is 5.79. The van der Waals surface area contributed by atoms with E-state index in [9.17, 15) is 14.7 Å². The van der Waals surface area contributed by atoms with E-state index in [0.717, 1.165) is 6.42 Å². The molecule has 22 heavy (non-hydrogen) atoms. The Morgan fingerprint density at radius 2 is 1.91 bits per heavy atom. The average molecular weight is 303 g/mol. The van der Waals surface area contributed by atoms with Crippen molar-refractivity contribution >= 4 is 11.9 Å². The topological polar surface area (TPSA) is 57.6 Å². The van der Waals surface area contributed by atoms with E-state index in [0.29, 0.717) is 19.5 Å². The molecule has 1 aliphatic heterocycles. The third-order valence-electron chi connectivity index (χ3n) is 4.74. The molecule has 0 aliphatic carbocycles. The van der Waals surface area contributed by atoms with Crippen LogP contribution in [-0.2, 0) is 9.59 Å². The molecule has 3 atom stereocenters. The van der Waals surface area contributed by atoms with Gasteiger partial charge in [0.1, 0.15) is 0 Å². The van der Waals surface area contributed by atoms with Gasteiger partial charge in [-0.1, -0.05) is 43.7 Å². The summed E-state index contributed by atoms with van der Waals surface area (Å²) in [6.45, 7) is 6.95. The van der Waals surface area contributed by atoms with E-state index in [1.807, 2.05) is 13.8 Å². The number of carbonyl (C=O) groups excluding carboxylic acids is 1. The number of aliphatic carboxylic acids is 1. The number of benzene rings is 1. The van der Waals surface area contributed by atoms with Crippen molar-refractivity contribution in [2.45, 2.75) is 39.5 Å². The van der Waals surface area contributed by atoms with Gasteiger partial charge < -0.3 is 10.0 Å². The molecule has 0 aromatic heterocycles. The number of likely N-dealkylation sites (tertiary alicyclic amines) is 1. The summed E-state index contributed by atoms with van der Waals surface area (Å²) >= 11 is 0. The monoisotopic (exact) mass is 303 g/mol. The molecule has 1 aliphatic rings. The maximum Gasteiger partial charge on any atom is 0.308 e. The Balaban J connectivity index is 2.01. The van der Waals surface area contributed by atoms with E-state index in [1.165, 1.54) is 11.1 Å². The van der Waals surface area contributed by atoms with Crippen LogP contribution in [0.5, 0.6) is 0 Å². The minimum Gasteiger partial charge on any atom is -0.481 e. The third kappa shape index (κ3) is 3.67. The normalized spacial score (nSPS) is 22.6.